The summed E-state index contributed by atoms with van der Waals surface area (Å²) in [6.07, 6.45) is 2.11. The quantitative estimate of drug-likeness (QED) is 0.338. The van der Waals surface area contributed by atoms with Crippen molar-refractivity contribution in [1.29, 1.82) is 0 Å². The van der Waals surface area contributed by atoms with Gasteiger partial charge in [-0.25, -0.2) is 0 Å². The molecule has 196 valence electrons. The van der Waals surface area contributed by atoms with E-state index in [2.05, 4.69) is 6.58 Å². The van der Waals surface area contributed by atoms with Gasteiger partial charge in [-0.2, -0.15) is 0 Å². The molecule has 0 saturated heterocycles. The number of nitrogens with zero attached hydrogens (tertiary/aromatic N) is 2. The summed E-state index contributed by atoms with van der Waals surface area (Å²) in [6, 6.07) is 18.5. The number of para-hydroxylation sites is 1. The molecule has 3 aromatic carbocycles. The van der Waals surface area contributed by atoms with Gasteiger partial charge in [0.15, 0.2) is 11.0 Å². The zero-order valence-corrected chi connectivity index (χ0v) is 22.1. The molecule has 7 heteroatoms. The first-order valence-corrected chi connectivity index (χ1v) is 12.9. The Labute approximate surface area is 225 Å². The van der Waals surface area contributed by atoms with E-state index in [0.29, 0.717) is 28.6 Å². The number of hydrogen-bond donors (Lipinski definition) is 0. The second-order valence-electron chi connectivity index (χ2n) is 10.1. The molecule has 0 bridgehead atoms. The fourth-order valence-electron chi connectivity index (χ4n) is 5.89. The van der Waals surface area contributed by atoms with E-state index < -0.39 is 11.4 Å². The molecule has 1 aromatic heterocycles. The topological polar surface area (TPSA) is 80.1 Å². The number of rotatable bonds is 6. The highest BCUT2D eigenvalue weighted by Crippen LogP contribution is 2.52. The number of hydrogen-bond acceptors (Lipinski definition) is 5. The van der Waals surface area contributed by atoms with Gasteiger partial charge in [-0.3, -0.25) is 14.4 Å². The molecule has 0 radical (unpaired) electrons. The van der Waals surface area contributed by atoms with E-state index in [1.807, 2.05) is 62.4 Å². The highest BCUT2D eigenvalue weighted by Gasteiger charge is 2.64. The van der Waals surface area contributed by atoms with Crippen LogP contribution in [0.2, 0.25) is 0 Å². The average Bonchev–Trinajstić information content (AvgIpc) is 3.33. The molecule has 2 aliphatic heterocycles. The number of ether oxygens (including phenoxy) is 1. The van der Waals surface area contributed by atoms with Crippen molar-refractivity contribution in [1.82, 2.24) is 4.90 Å². The zero-order chi connectivity index (χ0) is 27.5. The lowest BCUT2D eigenvalue weighted by Crippen LogP contribution is -2.54. The molecule has 6 rings (SSSR count). The molecule has 0 fully saturated rings. The van der Waals surface area contributed by atoms with E-state index >= 15 is 0 Å². The highest BCUT2D eigenvalue weighted by molar-refractivity contribution is 6.17. The summed E-state index contributed by atoms with van der Waals surface area (Å²) < 4.78 is 11.5. The summed E-state index contributed by atoms with van der Waals surface area (Å²) >= 11 is 0. The number of methoxy groups -OCH3 is 1. The van der Waals surface area contributed by atoms with Gasteiger partial charge in [0.05, 0.1) is 23.7 Å². The minimum atomic E-state index is -1.63. The van der Waals surface area contributed by atoms with Gasteiger partial charge in [-0.15, -0.1) is 6.58 Å². The summed E-state index contributed by atoms with van der Waals surface area (Å²) in [4.78, 5) is 46.0. The van der Waals surface area contributed by atoms with Crippen LogP contribution in [0.1, 0.15) is 38.4 Å². The van der Waals surface area contributed by atoms with E-state index in [9.17, 15) is 14.4 Å². The number of carbonyl (C=O) groups is 2. The van der Waals surface area contributed by atoms with Gasteiger partial charge in [0.1, 0.15) is 11.3 Å². The van der Waals surface area contributed by atoms with Crippen molar-refractivity contribution in [2.45, 2.75) is 25.8 Å². The summed E-state index contributed by atoms with van der Waals surface area (Å²) in [6.45, 7) is 8.12. The van der Waals surface area contributed by atoms with Gasteiger partial charge in [-0.05, 0) is 67.3 Å². The smallest absolute Gasteiger partial charge is 0.291 e. The lowest BCUT2D eigenvalue weighted by Gasteiger charge is -2.34. The fraction of sp³-hybridized carbons (Fsp3) is 0.219. The number of anilines is 1. The predicted molar refractivity (Wildman–Crippen MR) is 149 cm³/mol. The summed E-state index contributed by atoms with van der Waals surface area (Å²) in [5.74, 6) is -0.179. The number of fused-ring (bicyclic) bond motifs is 5. The minimum absolute atomic E-state index is 0.0749. The maximum absolute atomic E-state index is 14.5. The van der Waals surface area contributed by atoms with Gasteiger partial charge >= 0.3 is 0 Å². The Morgan fingerprint density at radius 2 is 1.72 bits per heavy atom. The molecule has 2 amide bonds. The van der Waals surface area contributed by atoms with Gasteiger partial charge in [0.2, 0.25) is 5.76 Å². The SMILES string of the molecule is C=CCN1C(=O)C2(c3ccccc31)c1c(oc3cc(C)c(C)cc3c1=O)C(=O)N2CCc1ccc(OC)cc1. The molecule has 1 atom stereocenters. The van der Waals surface area contributed by atoms with Crippen LogP contribution in [0.15, 0.2) is 82.5 Å². The number of amides is 2. The van der Waals surface area contributed by atoms with Crippen LogP contribution >= 0.6 is 0 Å². The first-order valence-electron chi connectivity index (χ1n) is 12.9. The van der Waals surface area contributed by atoms with Crippen molar-refractivity contribution in [3.63, 3.8) is 0 Å². The first-order chi connectivity index (χ1) is 18.8. The lowest BCUT2D eigenvalue weighted by atomic mass is 9.83. The van der Waals surface area contributed by atoms with Crippen LogP contribution in [-0.4, -0.2) is 36.9 Å². The molecule has 1 unspecified atom stereocenters. The van der Waals surface area contributed by atoms with E-state index in [1.54, 1.807) is 30.2 Å². The van der Waals surface area contributed by atoms with Crippen LogP contribution in [0.3, 0.4) is 0 Å². The average molecular weight is 521 g/mol. The summed E-state index contributed by atoms with van der Waals surface area (Å²) in [5.41, 5.74) is 2.51. The molecular weight excluding hydrogens is 492 g/mol. The van der Waals surface area contributed by atoms with E-state index in [1.165, 1.54) is 4.90 Å². The van der Waals surface area contributed by atoms with E-state index in [0.717, 1.165) is 22.4 Å². The minimum Gasteiger partial charge on any atom is -0.497 e. The van der Waals surface area contributed by atoms with Crippen molar-refractivity contribution < 1.29 is 18.7 Å². The Hall–Kier alpha value is -4.65. The summed E-state index contributed by atoms with van der Waals surface area (Å²) in [7, 11) is 1.61. The zero-order valence-electron chi connectivity index (χ0n) is 22.1. The van der Waals surface area contributed by atoms with Crippen LogP contribution in [0.4, 0.5) is 5.69 Å². The van der Waals surface area contributed by atoms with Crippen LogP contribution in [-0.2, 0) is 16.8 Å². The lowest BCUT2D eigenvalue weighted by molar-refractivity contribution is -0.125. The normalized spacial score (nSPS) is 17.7. The molecule has 0 aliphatic carbocycles. The van der Waals surface area contributed by atoms with E-state index in [4.69, 9.17) is 9.15 Å². The molecule has 4 aromatic rings. The Balaban J connectivity index is 1.60. The fourth-order valence-corrected chi connectivity index (χ4v) is 5.89. The highest BCUT2D eigenvalue weighted by atomic mass is 16.5. The second-order valence-corrected chi connectivity index (χ2v) is 10.1. The first kappa shape index (κ1) is 24.7. The Kier molecular flexibility index (Phi) is 5.68. The molecule has 0 saturated carbocycles. The molecule has 2 aliphatic rings. The van der Waals surface area contributed by atoms with Gasteiger partial charge in [0, 0.05) is 18.7 Å². The van der Waals surface area contributed by atoms with Crippen molar-refractivity contribution >= 4 is 28.5 Å². The standard InChI is InChI=1S/C32H28N2O5/c1-5-15-33-25-9-7-6-8-24(25)32(31(33)37)27-28(35)23-17-19(2)20(3)18-26(23)39-29(27)30(36)34(32)16-14-21-10-12-22(38-4)13-11-21/h5-13,17-18H,1,14-16H2,2-4H3. The van der Waals surface area contributed by atoms with Crippen molar-refractivity contribution in [2.24, 2.45) is 0 Å². The maximum atomic E-state index is 14.5. The largest absolute Gasteiger partial charge is 0.497 e. The third kappa shape index (κ3) is 3.39. The monoisotopic (exact) mass is 520 g/mol. The third-order valence-electron chi connectivity index (χ3n) is 7.95. The van der Waals surface area contributed by atoms with Crippen LogP contribution in [0.25, 0.3) is 11.0 Å². The van der Waals surface area contributed by atoms with Crippen molar-refractivity contribution in [3.05, 3.63) is 117 Å². The van der Waals surface area contributed by atoms with Crippen LogP contribution < -0.4 is 15.1 Å². The van der Waals surface area contributed by atoms with Crippen molar-refractivity contribution in [3.8, 4) is 5.75 Å². The molecular formula is C32H28N2O5. The molecule has 3 heterocycles. The summed E-state index contributed by atoms with van der Waals surface area (Å²) in [5, 5.41) is 0.355. The molecule has 0 N–H and O–H groups in total. The number of carbonyl (C=O) groups excluding carboxylic acids is 2. The molecule has 1 spiro atoms. The third-order valence-corrected chi connectivity index (χ3v) is 7.95. The Morgan fingerprint density at radius 1 is 1.00 bits per heavy atom. The van der Waals surface area contributed by atoms with Gasteiger partial charge in [0.25, 0.3) is 11.8 Å². The van der Waals surface area contributed by atoms with Gasteiger partial charge in [-0.1, -0.05) is 36.4 Å². The molecule has 39 heavy (non-hydrogen) atoms. The van der Waals surface area contributed by atoms with Crippen LogP contribution in [0, 0.1) is 13.8 Å². The number of benzene rings is 3. The Bertz CT molecular complexity index is 1740. The van der Waals surface area contributed by atoms with Crippen molar-refractivity contribution in [2.75, 3.05) is 25.1 Å². The molecule has 7 nitrogen and oxygen atoms in total. The Morgan fingerprint density at radius 3 is 2.44 bits per heavy atom. The van der Waals surface area contributed by atoms with E-state index in [-0.39, 0.29) is 35.7 Å². The maximum Gasteiger partial charge on any atom is 0.291 e. The number of aryl methyl sites for hydroxylation is 2. The van der Waals surface area contributed by atoms with Crippen LogP contribution in [0.5, 0.6) is 5.75 Å². The van der Waals surface area contributed by atoms with Gasteiger partial charge < -0.3 is 19.0 Å². The predicted octanol–water partition coefficient (Wildman–Crippen LogP) is 4.89. The second kappa shape index (κ2) is 8.98.